The van der Waals surface area contributed by atoms with Crippen LogP contribution in [0.5, 0.6) is 0 Å². The van der Waals surface area contributed by atoms with E-state index in [0.717, 1.165) is 10.6 Å². The van der Waals surface area contributed by atoms with Crippen LogP contribution < -0.4 is 5.32 Å². The van der Waals surface area contributed by atoms with E-state index < -0.39 is 0 Å². The Labute approximate surface area is 109 Å². The molecule has 0 aliphatic rings. The molecule has 0 radical (unpaired) electrons. The van der Waals surface area contributed by atoms with Crippen molar-refractivity contribution >= 4 is 22.9 Å². The second-order valence-electron chi connectivity index (χ2n) is 3.58. The first-order valence-electron chi connectivity index (χ1n) is 5.29. The third-order valence-corrected chi connectivity index (χ3v) is 3.52. The predicted octanol–water partition coefficient (Wildman–Crippen LogP) is 2.62. The van der Waals surface area contributed by atoms with Gasteiger partial charge in [-0.2, -0.15) is 0 Å². The number of hydrogen-bond acceptors (Lipinski definition) is 4. The van der Waals surface area contributed by atoms with Crippen molar-refractivity contribution in [3.63, 3.8) is 0 Å². The number of halogens is 1. The Morgan fingerprint density at radius 2 is 2.12 bits per heavy atom. The van der Waals surface area contributed by atoms with E-state index in [1.165, 1.54) is 11.3 Å². The quantitative estimate of drug-likeness (QED) is 0.876. The summed E-state index contributed by atoms with van der Waals surface area (Å²) in [5.41, 5.74) is 1.07. The van der Waals surface area contributed by atoms with Gasteiger partial charge in [-0.25, -0.2) is 4.98 Å². The summed E-state index contributed by atoms with van der Waals surface area (Å²) < 4.78 is 0.682. The molecule has 17 heavy (non-hydrogen) atoms. The van der Waals surface area contributed by atoms with E-state index >= 15 is 0 Å². The van der Waals surface area contributed by atoms with Crippen LogP contribution in [0, 0.1) is 0 Å². The molecule has 1 heterocycles. The SMILES string of the molecule is OC[C@@H](NCc1ncc(Cl)s1)c1ccccc1. The second-order valence-corrected chi connectivity index (χ2v) is 5.33. The summed E-state index contributed by atoms with van der Waals surface area (Å²) in [4.78, 5) is 4.16. The van der Waals surface area contributed by atoms with Crippen molar-refractivity contribution in [2.24, 2.45) is 0 Å². The molecule has 0 spiro atoms. The van der Waals surface area contributed by atoms with E-state index in [9.17, 15) is 5.11 Å². The minimum Gasteiger partial charge on any atom is -0.394 e. The maximum Gasteiger partial charge on any atom is 0.113 e. The van der Waals surface area contributed by atoms with E-state index in [1.807, 2.05) is 30.3 Å². The number of thiazole rings is 1. The van der Waals surface area contributed by atoms with Crippen LogP contribution in [0.25, 0.3) is 0 Å². The van der Waals surface area contributed by atoms with E-state index in [0.29, 0.717) is 10.9 Å². The molecule has 1 aromatic carbocycles. The molecule has 90 valence electrons. The standard InChI is InChI=1S/C12H13ClN2OS/c13-11-6-15-12(17-11)7-14-10(8-16)9-4-2-1-3-5-9/h1-6,10,14,16H,7-8H2/t10-/m1/s1. The van der Waals surface area contributed by atoms with Crippen molar-refractivity contribution in [1.82, 2.24) is 10.3 Å². The summed E-state index contributed by atoms with van der Waals surface area (Å²) in [7, 11) is 0. The Balaban J connectivity index is 1.97. The van der Waals surface area contributed by atoms with Gasteiger partial charge in [0.1, 0.15) is 9.34 Å². The molecule has 1 aromatic heterocycles. The Bertz CT molecular complexity index is 461. The summed E-state index contributed by atoms with van der Waals surface area (Å²) in [5, 5.41) is 13.5. The van der Waals surface area contributed by atoms with Gasteiger partial charge in [0.15, 0.2) is 0 Å². The van der Waals surface area contributed by atoms with Crippen molar-refractivity contribution in [1.29, 1.82) is 0 Å². The molecule has 1 atom stereocenters. The van der Waals surface area contributed by atoms with E-state index in [4.69, 9.17) is 11.6 Å². The first-order chi connectivity index (χ1) is 8.29. The van der Waals surface area contributed by atoms with Gasteiger partial charge in [0.05, 0.1) is 18.8 Å². The van der Waals surface area contributed by atoms with Crippen LogP contribution in [-0.2, 0) is 6.54 Å². The molecule has 0 aliphatic heterocycles. The van der Waals surface area contributed by atoms with Gasteiger partial charge in [0.25, 0.3) is 0 Å². The molecule has 3 nitrogen and oxygen atoms in total. The lowest BCUT2D eigenvalue weighted by Gasteiger charge is -2.15. The number of nitrogens with zero attached hydrogens (tertiary/aromatic N) is 1. The molecule has 0 saturated heterocycles. The van der Waals surface area contributed by atoms with Gasteiger partial charge in [0, 0.05) is 6.54 Å². The zero-order valence-corrected chi connectivity index (χ0v) is 10.7. The van der Waals surface area contributed by atoms with Crippen molar-refractivity contribution in [3.05, 3.63) is 51.4 Å². The molecule has 0 unspecified atom stereocenters. The van der Waals surface area contributed by atoms with Crippen molar-refractivity contribution in [3.8, 4) is 0 Å². The van der Waals surface area contributed by atoms with Gasteiger partial charge in [-0.1, -0.05) is 41.9 Å². The van der Waals surface area contributed by atoms with Gasteiger partial charge in [-0.3, -0.25) is 0 Å². The molecular formula is C12H13ClN2OS. The minimum absolute atomic E-state index is 0.0587. The summed E-state index contributed by atoms with van der Waals surface area (Å²) >= 11 is 7.25. The van der Waals surface area contributed by atoms with Crippen LogP contribution in [0.4, 0.5) is 0 Å². The smallest absolute Gasteiger partial charge is 0.113 e. The molecule has 0 amide bonds. The highest BCUT2D eigenvalue weighted by atomic mass is 35.5. The van der Waals surface area contributed by atoms with Gasteiger partial charge in [-0.15, -0.1) is 11.3 Å². The third-order valence-electron chi connectivity index (χ3n) is 2.41. The molecule has 0 saturated carbocycles. The average molecular weight is 269 g/mol. The van der Waals surface area contributed by atoms with Crippen LogP contribution in [0.3, 0.4) is 0 Å². The van der Waals surface area contributed by atoms with Crippen molar-refractivity contribution in [2.75, 3.05) is 6.61 Å². The zero-order chi connectivity index (χ0) is 12.1. The minimum atomic E-state index is -0.0705. The normalized spacial score (nSPS) is 12.6. The average Bonchev–Trinajstić information content (AvgIpc) is 2.77. The molecule has 5 heteroatoms. The third kappa shape index (κ3) is 3.51. The van der Waals surface area contributed by atoms with Crippen LogP contribution in [0.15, 0.2) is 36.5 Å². The largest absolute Gasteiger partial charge is 0.394 e. The lowest BCUT2D eigenvalue weighted by Crippen LogP contribution is -2.23. The molecule has 2 N–H and O–H groups in total. The fourth-order valence-electron chi connectivity index (χ4n) is 1.55. The predicted molar refractivity (Wildman–Crippen MR) is 70.2 cm³/mol. The van der Waals surface area contributed by atoms with E-state index in [2.05, 4.69) is 10.3 Å². The Kier molecular flexibility index (Phi) is 4.50. The maximum absolute atomic E-state index is 9.36. The monoisotopic (exact) mass is 268 g/mol. The second kappa shape index (κ2) is 6.12. The van der Waals surface area contributed by atoms with Gasteiger partial charge in [-0.05, 0) is 5.56 Å². The first-order valence-corrected chi connectivity index (χ1v) is 6.48. The molecule has 0 aliphatic carbocycles. The van der Waals surface area contributed by atoms with E-state index in [-0.39, 0.29) is 12.6 Å². The van der Waals surface area contributed by atoms with Crippen LogP contribution in [-0.4, -0.2) is 16.7 Å². The molecule has 0 fully saturated rings. The van der Waals surface area contributed by atoms with Crippen molar-refractivity contribution < 1.29 is 5.11 Å². The number of hydrogen-bond donors (Lipinski definition) is 2. The molecule has 2 rings (SSSR count). The Morgan fingerprint density at radius 3 is 2.71 bits per heavy atom. The van der Waals surface area contributed by atoms with Gasteiger partial charge < -0.3 is 10.4 Å². The lowest BCUT2D eigenvalue weighted by atomic mass is 10.1. The number of aliphatic hydroxyl groups excluding tert-OH is 1. The van der Waals surface area contributed by atoms with Gasteiger partial charge in [0.2, 0.25) is 0 Å². The van der Waals surface area contributed by atoms with Crippen LogP contribution in [0.2, 0.25) is 4.34 Å². The van der Waals surface area contributed by atoms with Crippen molar-refractivity contribution in [2.45, 2.75) is 12.6 Å². The van der Waals surface area contributed by atoms with Crippen LogP contribution in [0.1, 0.15) is 16.6 Å². The van der Waals surface area contributed by atoms with E-state index in [1.54, 1.807) is 6.20 Å². The summed E-state index contributed by atoms with van der Waals surface area (Å²) in [6.45, 7) is 0.667. The van der Waals surface area contributed by atoms with Crippen LogP contribution >= 0.6 is 22.9 Å². The highest BCUT2D eigenvalue weighted by Gasteiger charge is 2.10. The highest BCUT2D eigenvalue weighted by molar-refractivity contribution is 7.15. The van der Waals surface area contributed by atoms with Gasteiger partial charge >= 0.3 is 0 Å². The fourth-order valence-corrected chi connectivity index (χ4v) is 2.46. The molecular weight excluding hydrogens is 256 g/mol. The summed E-state index contributed by atoms with van der Waals surface area (Å²) in [6, 6.07) is 9.78. The Hall–Kier alpha value is -0.940. The first kappa shape index (κ1) is 12.5. The highest BCUT2D eigenvalue weighted by Crippen LogP contribution is 2.19. The lowest BCUT2D eigenvalue weighted by molar-refractivity contribution is 0.243. The topological polar surface area (TPSA) is 45.1 Å². The summed E-state index contributed by atoms with van der Waals surface area (Å²) in [6.07, 6.45) is 1.64. The number of aliphatic hydroxyl groups is 1. The Morgan fingerprint density at radius 1 is 1.35 bits per heavy atom. The number of rotatable bonds is 5. The molecule has 2 aromatic rings. The number of benzene rings is 1. The fraction of sp³-hybridized carbons (Fsp3) is 0.250. The molecule has 0 bridgehead atoms. The zero-order valence-electron chi connectivity index (χ0n) is 9.14. The maximum atomic E-state index is 9.36. The number of nitrogens with one attached hydrogen (secondary N) is 1. The summed E-state index contributed by atoms with van der Waals surface area (Å²) in [5.74, 6) is 0. The number of aromatic nitrogens is 1.